The molecule has 0 spiro atoms. The SMILES string of the molecule is Cc1noc(C)c1-c1cccc(CC(N[S+]([O-])C(C)C)c2ccccc2-c2noc3ccccc23)n1. The van der Waals surface area contributed by atoms with E-state index >= 15 is 0 Å². The van der Waals surface area contributed by atoms with Crippen LogP contribution in [-0.2, 0) is 17.8 Å². The molecule has 184 valence electrons. The second kappa shape index (κ2) is 10.3. The fourth-order valence-corrected chi connectivity index (χ4v) is 5.14. The number of hydrogen-bond donors (Lipinski definition) is 1. The third-order valence-corrected chi connectivity index (χ3v) is 7.54. The standard InChI is InChI=1S/C28H28N4O3S/c1-17(2)36(33)32-25(16-20-10-9-14-24(29-20)27-18(3)30-34-19(27)4)21-11-5-6-12-22(21)28-23-13-7-8-15-26(23)35-31-28/h5-15,17,25,32H,16H2,1-4H3. The van der Waals surface area contributed by atoms with Crippen LogP contribution in [0.4, 0.5) is 0 Å². The van der Waals surface area contributed by atoms with Gasteiger partial charge in [0.05, 0.1) is 23.0 Å². The number of nitrogens with zero attached hydrogens (tertiary/aromatic N) is 3. The lowest BCUT2D eigenvalue weighted by molar-refractivity contribution is 0.393. The van der Waals surface area contributed by atoms with Gasteiger partial charge < -0.3 is 13.6 Å². The van der Waals surface area contributed by atoms with Crippen molar-refractivity contribution < 1.29 is 13.6 Å². The number of hydrogen-bond acceptors (Lipinski definition) is 7. The molecule has 2 atom stereocenters. The zero-order valence-corrected chi connectivity index (χ0v) is 21.5. The van der Waals surface area contributed by atoms with Gasteiger partial charge >= 0.3 is 0 Å². The van der Waals surface area contributed by atoms with Crippen molar-refractivity contribution in [1.29, 1.82) is 0 Å². The molecule has 0 saturated carbocycles. The van der Waals surface area contributed by atoms with E-state index in [-0.39, 0.29) is 11.3 Å². The maximum atomic E-state index is 13.0. The molecule has 0 amide bonds. The molecule has 5 rings (SSSR count). The van der Waals surface area contributed by atoms with Gasteiger partial charge in [-0.3, -0.25) is 4.98 Å². The molecule has 0 saturated heterocycles. The van der Waals surface area contributed by atoms with Crippen LogP contribution in [-0.4, -0.2) is 25.1 Å². The fourth-order valence-electron chi connectivity index (χ4n) is 4.38. The molecule has 2 aromatic carbocycles. The first-order chi connectivity index (χ1) is 17.4. The Kier molecular flexibility index (Phi) is 6.91. The van der Waals surface area contributed by atoms with Gasteiger partial charge in [-0.15, -0.1) is 4.72 Å². The summed E-state index contributed by atoms with van der Waals surface area (Å²) in [5.74, 6) is 0.732. The van der Waals surface area contributed by atoms with Crippen LogP contribution < -0.4 is 4.72 Å². The molecule has 3 aromatic heterocycles. The van der Waals surface area contributed by atoms with Crippen molar-refractivity contribution >= 4 is 22.3 Å². The molecule has 5 aromatic rings. The summed E-state index contributed by atoms with van der Waals surface area (Å²) in [6.07, 6.45) is 0.530. The number of aromatic nitrogens is 3. The van der Waals surface area contributed by atoms with E-state index in [2.05, 4.69) is 15.0 Å². The van der Waals surface area contributed by atoms with Gasteiger partial charge in [-0.05, 0) is 57.5 Å². The number of aryl methyl sites for hydroxylation is 2. The van der Waals surface area contributed by atoms with Crippen LogP contribution in [0.2, 0.25) is 0 Å². The van der Waals surface area contributed by atoms with Crippen LogP contribution in [0.1, 0.15) is 42.6 Å². The molecule has 0 fully saturated rings. The summed E-state index contributed by atoms with van der Waals surface area (Å²) in [7, 11) is 0. The van der Waals surface area contributed by atoms with E-state index in [1.54, 1.807) is 0 Å². The van der Waals surface area contributed by atoms with Crippen molar-refractivity contribution in [2.24, 2.45) is 0 Å². The van der Waals surface area contributed by atoms with E-state index in [4.69, 9.17) is 14.0 Å². The molecule has 0 aliphatic heterocycles. The van der Waals surface area contributed by atoms with Gasteiger partial charge in [-0.2, -0.15) is 0 Å². The molecule has 7 nitrogen and oxygen atoms in total. The molecule has 0 radical (unpaired) electrons. The Balaban J connectivity index is 1.56. The maximum absolute atomic E-state index is 13.0. The summed E-state index contributed by atoms with van der Waals surface area (Å²) in [5, 5.41) is 9.35. The van der Waals surface area contributed by atoms with Gasteiger partial charge in [0.2, 0.25) is 0 Å². The molecule has 0 bridgehead atoms. The summed E-state index contributed by atoms with van der Waals surface area (Å²) in [4.78, 5) is 4.92. The van der Waals surface area contributed by atoms with E-state index in [0.717, 1.165) is 56.2 Å². The van der Waals surface area contributed by atoms with Gasteiger partial charge in [-0.1, -0.05) is 52.8 Å². The van der Waals surface area contributed by atoms with Gasteiger partial charge in [-0.25, -0.2) is 0 Å². The van der Waals surface area contributed by atoms with E-state index in [9.17, 15) is 4.55 Å². The number of benzene rings is 2. The average Bonchev–Trinajstić information content (AvgIpc) is 3.46. The third-order valence-electron chi connectivity index (χ3n) is 6.16. The smallest absolute Gasteiger partial charge is 0.167 e. The van der Waals surface area contributed by atoms with Crippen LogP contribution in [0.15, 0.2) is 75.8 Å². The lowest BCUT2D eigenvalue weighted by atomic mass is 9.94. The zero-order valence-electron chi connectivity index (χ0n) is 20.7. The predicted octanol–water partition coefficient (Wildman–Crippen LogP) is 6.11. The first kappa shape index (κ1) is 24.2. The normalized spacial score (nSPS) is 13.4. The van der Waals surface area contributed by atoms with Crippen molar-refractivity contribution in [3.05, 3.63) is 89.4 Å². The van der Waals surface area contributed by atoms with Crippen molar-refractivity contribution in [1.82, 2.24) is 20.0 Å². The molecular weight excluding hydrogens is 472 g/mol. The quantitative estimate of drug-likeness (QED) is 0.257. The molecule has 36 heavy (non-hydrogen) atoms. The minimum absolute atomic E-state index is 0.0471. The predicted molar refractivity (Wildman–Crippen MR) is 142 cm³/mol. The highest BCUT2D eigenvalue weighted by Gasteiger charge is 2.26. The fraction of sp³-hybridized carbons (Fsp3) is 0.250. The minimum Gasteiger partial charge on any atom is -0.598 e. The van der Waals surface area contributed by atoms with Crippen LogP contribution >= 0.6 is 0 Å². The molecule has 1 N–H and O–H groups in total. The summed E-state index contributed by atoms with van der Waals surface area (Å²) < 4.78 is 27.3. The van der Waals surface area contributed by atoms with Crippen molar-refractivity contribution in [3.63, 3.8) is 0 Å². The van der Waals surface area contributed by atoms with E-state index in [0.29, 0.717) is 6.42 Å². The summed E-state index contributed by atoms with van der Waals surface area (Å²) in [6.45, 7) is 7.67. The molecule has 0 aliphatic carbocycles. The summed E-state index contributed by atoms with van der Waals surface area (Å²) >= 11 is -1.25. The van der Waals surface area contributed by atoms with Gasteiger partial charge in [0.25, 0.3) is 0 Å². The van der Waals surface area contributed by atoms with Crippen LogP contribution in [0.25, 0.3) is 33.5 Å². The monoisotopic (exact) mass is 500 g/mol. The van der Waals surface area contributed by atoms with Gasteiger partial charge in [0.15, 0.2) is 5.58 Å². The second-order valence-corrected chi connectivity index (χ2v) is 10.8. The average molecular weight is 501 g/mol. The topological polar surface area (TPSA) is 100 Å². The first-order valence-corrected chi connectivity index (χ1v) is 13.1. The summed E-state index contributed by atoms with van der Waals surface area (Å²) in [5.41, 5.74) is 6.79. The molecule has 8 heteroatoms. The third kappa shape index (κ3) is 4.80. The van der Waals surface area contributed by atoms with E-state index < -0.39 is 11.4 Å². The highest BCUT2D eigenvalue weighted by molar-refractivity contribution is 7.90. The Hall–Kier alpha value is -3.46. The number of rotatable bonds is 8. The highest BCUT2D eigenvalue weighted by atomic mass is 32.2. The molecular formula is C28H28N4O3S. The van der Waals surface area contributed by atoms with E-state index in [1.165, 1.54) is 0 Å². The molecule has 2 unspecified atom stereocenters. The summed E-state index contributed by atoms with van der Waals surface area (Å²) in [6, 6.07) is 21.5. The Morgan fingerprint density at radius 2 is 1.69 bits per heavy atom. The largest absolute Gasteiger partial charge is 0.598 e. The number of fused-ring (bicyclic) bond motifs is 1. The molecule has 3 heterocycles. The zero-order chi connectivity index (χ0) is 25.2. The van der Waals surface area contributed by atoms with Crippen molar-refractivity contribution in [3.8, 4) is 22.5 Å². The van der Waals surface area contributed by atoms with Crippen LogP contribution in [0.5, 0.6) is 0 Å². The Morgan fingerprint density at radius 1 is 0.917 bits per heavy atom. The van der Waals surface area contributed by atoms with E-state index in [1.807, 2.05) is 94.4 Å². The van der Waals surface area contributed by atoms with Crippen molar-refractivity contribution in [2.45, 2.75) is 45.4 Å². The highest BCUT2D eigenvalue weighted by Crippen LogP contribution is 2.35. The Labute approximate surface area is 213 Å². The molecule has 0 aliphatic rings. The van der Waals surface area contributed by atoms with Crippen LogP contribution in [0, 0.1) is 13.8 Å². The lowest BCUT2D eigenvalue weighted by Gasteiger charge is -2.24. The van der Waals surface area contributed by atoms with Gasteiger partial charge in [0, 0.05) is 34.4 Å². The lowest BCUT2D eigenvalue weighted by Crippen LogP contribution is -2.35. The Morgan fingerprint density at radius 3 is 2.47 bits per heavy atom. The van der Waals surface area contributed by atoms with Crippen molar-refractivity contribution in [2.75, 3.05) is 0 Å². The Bertz CT molecular complexity index is 1470. The number of pyridine rings is 1. The van der Waals surface area contributed by atoms with Gasteiger partial charge in [0.1, 0.15) is 16.7 Å². The van der Waals surface area contributed by atoms with Crippen LogP contribution in [0.3, 0.4) is 0 Å². The number of nitrogens with one attached hydrogen (secondary N) is 1. The maximum Gasteiger partial charge on any atom is 0.167 e. The second-order valence-electron chi connectivity index (χ2n) is 9.05. The number of para-hydroxylation sites is 1. The first-order valence-electron chi connectivity index (χ1n) is 11.9. The minimum atomic E-state index is -1.25.